The lowest BCUT2D eigenvalue weighted by Crippen LogP contribution is -2.33. The molecule has 0 aromatic heterocycles. The Morgan fingerprint density at radius 2 is 1.79 bits per heavy atom. The second kappa shape index (κ2) is 8.08. The van der Waals surface area contributed by atoms with E-state index in [9.17, 15) is 4.79 Å². The quantitative estimate of drug-likeness (QED) is 0.752. The Hall–Kier alpha value is -2.18. The molecular weight excluding hydrogens is 326 g/mol. The van der Waals surface area contributed by atoms with Crippen LogP contribution in [0.2, 0.25) is 0 Å². The summed E-state index contributed by atoms with van der Waals surface area (Å²) in [6.07, 6.45) is 0. The van der Waals surface area contributed by atoms with Crippen LogP contribution in [-0.2, 0) is 4.79 Å². The number of carboxylic acids is 1. The number of benzene rings is 2. The van der Waals surface area contributed by atoms with Gasteiger partial charge in [-0.15, -0.1) is 11.8 Å². The fraction of sp³-hybridized carbons (Fsp3) is 0.278. The molecule has 3 rings (SSSR count). The predicted octanol–water partition coefficient (Wildman–Crippen LogP) is 2.93. The van der Waals surface area contributed by atoms with Crippen LogP contribution in [0.25, 0.3) is 0 Å². The lowest BCUT2D eigenvalue weighted by molar-refractivity contribution is -0.138. The molecule has 0 bridgehead atoms. The SMILES string of the molecule is O=C(O)C1CSC(c2cccc(OCCOc3ccccc3)c2)N1. The van der Waals surface area contributed by atoms with E-state index in [-0.39, 0.29) is 5.37 Å². The highest BCUT2D eigenvalue weighted by Crippen LogP contribution is 2.34. The van der Waals surface area contributed by atoms with Gasteiger partial charge < -0.3 is 14.6 Å². The highest BCUT2D eigenvalue weighted by Gasteiger charge is 2.30. The van der Waals surface area contributed by atoms with Crippen LogP contribution in [-0.4, -0.2) is 36.1 Å². The van der Waals surface area contributed by atoms with E-state index in [1.807, 2.05) is 54.6 Å². The fourth-order valence-corrected chi connectivity index (χ4v) is 3.63. The molecule has 2 aromatic carbocycles. The van der Waals surface area contributed by atoms with E-state index >= 15 is 0 Å². The maximum atomic E-state index is 11.0. The molecule has 1 saturated heterocycles. The molecule has 24 heavy (non-hydrogen) atoms. The van der Waals surface area contributed by atoms with Gasteiger partial charge in [0.2, 0.25) is 0 Å². The van der Waals surface area contributed by atoms with E-state index in [1.54, 1.807) is 11.8 Å². The van der Waals surface area contributed by atoms with E-state index in [1.165, 1.54) is 0 Å². The molecule has 0 saturated carbocycles. The Bertz CT molecular complexity index is 680. The lowest BCUT2D eigenvalue weighted by atomic mass is 10.2. The van der Waals surface area contributed by atoms with Crippen molar-refractivity contribution in [2.24, 2.45) is 0 Å². The molecule has 2 aromatic rings. The van der Waals surface area contributed by atoms with E-state index in [0.29, 0.717) is 19.0 Å². The number of carbonyl (C=O) groups is 1. The van der Waals surface area contributed by atoms with E-state index in [4.69, 9.17) is 14.6 Å². The van der Waals surface area contributed by atoms with Gasteiger partial charge >= 0.3 is 5.97 Å². The number of hydrogen-bond donors (Lipinski definition) is 2. The first-order chi connectivity index (χ1) is 11.7. The van der Waals surface area contributed by atoms with Crippen LogP contribution < -0.4 is 14.8 Å². The van der Waals surface area contributed by atoms with Gasteiger partial charge in [-0.3, -0.25) is 10.1 Å². The molecule has 5 nitrogen and oxygen atoms in total. The van der Waals surface area contributed by atoms with Crippen molar-refractivity contribution in [3.05, 3.63) is 60.2 Å². The largest absolute Gasteiger partial charge is 0.490 e. The molecule has 1 aliphatic heterocycles. The van der Waals surface area contributed by atoms with Crippen molar-refractivity contribution in [1.82, 2.24) is 5.32 Å². The first kappa shape index (κ1) is 16.7. The topological polar surface area (TPSA) is 67.8 Å². The summed E-state index contributed by atoms with van der Waals surface area (Å²) in [6, 6.07) is 16.8. The highest BCUT2D eigenvalue weighted by molar-refractivity contribution is 7.99. The van der Waals surface area contributed by atoms with Crippen molar-refractivity contribution in [2.45, 2.75) is 11.4 Å². The van der Waals surface area contributed by atoms with Gasteiger partial charge in [-0.25, -0.2) is 0 Å². The van der Waals surface area contributed by atoms with Crippen LogP contribution >= 0.6 is 11.8 Å². The summed E-state index contributed by atoms with van der Waals surface area (Å²) in [5, 5.41) is 12.1. The van der Waals surface area contributed by atoms with Gasteiger partial charge in [0.15, 0.2) is 0 Å². The summed E-state index contributed by atoms with van der Waals surface area (Å²) in [6.45, 7) is 0.910. The minimum absolute atomic E-state index is 0.0183. The van der Waals surface area contributed by atoms with Crippen molar-refractivity contribution in [1.29, 1.82) is 0 Å². The van der Waals surface area contributed by atoms with Crippen LogP contribution in [0.5, 0.6) is 11.5 Å². The van der Waals surface area contributed by atoms with Crippen molar-refractivity contribution in [2.75, 3.05) is 19.0 Å². The van der Waals surface area contributed by atoms with Crippen LogP contribution in [0, 0.1) is 0 Å². The van der Waals surface area contributed by atoms with Crippen LogP contribution in [0.4, 0.5) is 0 Å². The minimum Gasteiger partial charge on any atom is -0.490 e. The van der Waals surface area contributed by atoms with Crippen LogP contribution in [0.15, 0.2) is 54.6 Å². The summed E-state index contributed by atoms with van der Waals surface area (Å²) in [4.78, 5) is 11.0. The summed E-state index contributed by atoms with van der Waals surface area (Å²) < 4.78 is 11.3. The summed E-state index contributed by atoms with van der Waals surface area (Å²) >= 11 is 1.59. The van der Waals surface area contributed by atoms with Gasteiger partial charge in [-0.05, 0) is 29.8 Å². The van der Waals surface area contributed by atoms with Crippen molar-refractivity contribution in [3.8, 4) is 11.5 Å². The number of nitrogens with one attached hydrogen (secondary N) is 1. The average molecular weight is 345 g/mol. The van der Waals surface area contributed by atoms with Gasteiger partial charge in [-0.2, -0.15) is 0 Å². The van der Waals surface area contributed by atoms with Crippen molar-refractivity contribution in [3.63, 3.8) is 0 Å². The molecule has 0 amide bonds. The molecule has 1 heterocycles. The zero-order valence-electron chi connectivity index (χ0n) is 13.1. The van der Waals surface area contributed by atoms with E-state index in [2.05, 4.69) is 5.32 Å². The molecule has 126 valence electrons. The van der Waals surface area contributed by atoms with Gasteiger partial charge in [-0.1, -0.05) is 30.3 Å². The first-order valence-electron chi connectivity index (χ1n) is 7.73. The smallest absolute Gasteiger partial charge is 0.321 e. The molecule has 2 atom stereocenters. The Morgan fingerprint density at radius 3 is 2.50 bits per heavy atom. The predicted molar refractivity (Wildman–Crippen MR) is 93.6 cm³/mol. The number of carboxylic acid groups (broad SMARTS) is 1. The standard InChI is InChI=1S/C18H19NO4S/c20-18(21)16-12-24-17(19-16)13-5-4-8-15(11-13)23-10-9-22-14-6-2-1-3-7-14/h1-8,11,16-17,19H,9-10,12H2,(H,20,21). The summed E-state index contributed by atoms with van der Waals surface area (Å²) in [5.41, 5.74) is 1.02. The molecule has 1 fully saturated rings. The van der Waals surface area contributed by atoms with E-state index < -0.39 is 12.0 Å². The maximum absolute atomic E-state index is 11.0. The normalized spacial score (nSPS) is 19.8. The third-order valence-corrected chi connectivity index (χ3v) is 4.87. The fourth-order valence-electron chi connectivity index (χ4n) is 2.41. The summed E-state index contributed by atoms with van der Waals surface area (Å²) in [7, 11) is 0. The molecule has 2 unspecified atom stereocenters. The molecule has 0 radical (unpaired) electrons. The maximum Gasteiger partial charge on any atom is 0.321 e. The molecule has 1 aliphatic rings. The monoisotopic (exact) mass is 345 g/mol. The van der Waals surface area contributed by atoms with Crippen LogP contribution in [0.1, 0.15) is 10.9 Å². The second-order valence-corrected chi connectivity index (χ2v) is 6.49. The Morgan fingerprint density at radius 1 is 1.08 bits per heavy atom. The number of ether oxygens (including phenoxy) is 2. The molecule has 0 aliphatic carbocycles. The second-order valence-electron chi connectivity index (χ2n) is 5.35. The lowest BCUT2D eigenvalue weighted by Gasteiger charge is -2.13. The van der Waals surface area contributed by atoms with Crippen molar-refractivity contribution >= 4 is 17.7 Å². The Kier molecular flexibility index (Phi) is 5.61. The third-order valence-electron chi connectivity index (χ3n) is 3.61. The molecule has 0 spiro atoms. The number of para-hydroxylation sites is 1. The number of hydrogen-bond acceptors (Lipinski definition) is 5. The highest BCUT2D eigenvalue weighted by atomic mass is 32.2. The van der Waals surface area contributed by atoms with Crippen molar-refractivity contribution < 1.29 is 19.4 Å². The average Bonchev–Trinajstić information content (AvgIpc) is 3.10. The van der Waals surface area contributed by atoms with Gasteiger partial charge in [0.05, 0.1) is 5.37 Å². The molecular formula is C18H19NO4S. The minimum atomic E-state index is -0.810. The zero-order chi connectivity index (χ0) is 16.8. The third kappa shape index (κ3) is 4.43. The summed E-state index contributed by atoms with van der Waals surface area (Å²) in [5.74, 6) is 1.33. The Balaban J connectivity index is 1.49. The number of aliphatic carboxylic acids is 1. The Labute approximate surface area is 145 Å². The number of rotatable bonds is 7. The first-order valence-corrected chi connectivity index (χ1v) is 8.78. The van der Waals surface area contributed by atoms with Gasteiger partial charge in [0.25, 0.3) is 0 Å². The molecule has 6 heteroatoms. The van der Waals surface area contributed by atoms with Gasteiger partial charge in [0, 0.05) is 5.75 Å². The molecule has 2 N–H and O–H groups in total. The van der Waals surface area contributed by atoms with Gasteiger partial charge in [0.1, 0.15) is 30.8 Å². The van der Waals surface area contributed by atoms with E-state index in [0.717, 1.165) is 17.1 Å². The number of thioether (sulfide) groups is 1. The van der Waals surface area contributed by atoms with Crippen LogP contribution in [0.3, 0.4) is 0 Å². The zero-order valence-corrected chi connectivity index (χ0v) is 13.9.